The minimum absolute atomic E-state index is 1.14. The highest BCUT2D eigenvalue weighted by molar-refractivity contribution is 7.20. The van der Waals surface area contributed by atoms with Crippen LogP contribution in [-0.2, 0) is 0 Å². The van der Waals surface area contributed by atoms with E-state index >= 15 is 0 Å². The minimum atomic E-state index is -2.88. The van der Waals surface area contributed by atoms with E-state index < -0.39 is 8.07 Å². The molecule has 0 bridgehead atoms. The molecule has 69 heavy (non-hydrogen) atoms. The van der Waals surface area contributed by atoms with Crippen LogP contribution in [0.15, 0.2) is 267 Å². The molecule has 0 aliphatic rings. The molecule has 0 saturated heterocycles. The number of benzene rings is 12. The zero-order chi connectivity index (χ0) is 45.5. The van der Waals surface area contributed by atoms with Crippen molar-refractivity contribution in [3.8, 4) is 22.5 Å². The summed E-state index contributed by atoms with van der Waals surface area (Å²) in [6, 6.07) is 99.7. The van der Waals surface area contributed by atoms with Crippen molar-refractivity contribution in [1.29, 1.82) is 0 Å². The lowest BCUT2D eigenvalue weighted by molar-refractivity contribution is 1.17. The highest BCUT2D eigenvalue weighted by Gasteiger charge is 2.41. The predicted molar refractivity (Wildman–Crippen MR) is 297 cm³/mol. The lowest BCUT2D eigenvalue weighted by Gasteiger charge is -2.34. The number of nitrogens with zero attached hydrogens (tertiary/aromatic N) is 2. The van der Waals surface area contributed by atoms with Gasteiger partial charge in [0.1, 0.15) is 0 Å². The minimum Gasteiger partial charge on any atom is -0.309 e. The van der Waals surface area contributed by atoms with Crippen LogP contribution >= 0.6 is 0 Å². The van der Waals surface area contributed by atoms with E-state index in [0.717, 1.165) is 11.4 Å². The molecule has 0 radical (unpaired) electrons. The summed E-state index contributed by atoms with van der Waals surface area (Å²) < 4.78 is 5.01. The molecule has 0 aliphatic carbocycles. The molecule has 0 aliphatic heterocycles. The summed E-state index contributed by atoms with van der Waals surface area (Å²) in [5.41, 5.74) is 9.45. The Balaban J connectivity index is 1.11. The summed E-state index contributed by atoms with van der Waals surface area (Å²) in [4.78, 5) is 0. The summed E-state index contributed by atoms with van der Waals surface area (Å²) in [5.74, 6) is 0. The summed E-state index contributed by atoms with van der Waals surface area (Å²) in [6.45, 7) is 0. The topological polar surface area (TPSA) is 9.86 Å². The van der Waals surface area contributed by atoms with E-state index in [2.05, 4.69) is 276 Å². The first-order valence-electron chi connectivity index (χ1n) is 23.9. The number of para-hydroxylation sites is 1. The lowest BCUT2D eigenvalue weighted by Crippen LogP contribution is -2.74. The van der Waals surface area contributed by atoms with Gasteiger partial charge in [0.15, 0.2) is 8.07 Å². The molecule has 2 heterocycles. The first-order chi connectivity index (χ1) is 34.3. The van der Waals surface area contributed by atoms with Crippen molar-refractivity contribution in [1.82, 2.24) is 9.13 Å². The van der Waals surface area contributed by atoms with Crippen LogP contribution in [0.5, 0.6) is 0 Å². The summed E-state index contributed by atoms with van der Waals surface area (Å²) in [5, 5.41) is 18.1. The van der Waals surface area contributed by atoms with E-state index in [1.807, 2.05) is 0 Å². The normalized spacial score (nSPS) is 12.1. The molecule has 12 aromatic carbocycles. The first kappa shape index (κ1) is 39.4. The van der Waals surface area contributed by atoms with Gasteiger partial charge >= 0.3 is 0 Å². The maximum absolute atomic E-state index is 2.88. The molecule has 322 valence electrons. The zero-order valence-electron chi connectivity index (χ0n) is 37.8. The Labute approximate surface area is 401 Å². The highest BCUT2D eigenvalue weighted by atomic mass is 28.3. The van der Waals surface area contributed by atoms with Gasteiger partial charge in [-0.2, -0.15) is 0 Å². The Hall–Kier alpha value is -8.76. The molecule has 3 heteroatoms. The van der Waals surface area contributed by atoms with Gasteiger partial charge < -0.3 is 9.13 Å². The standard InChI is InChI=1S/C66H44N2Si/c1-5-20-45(21-6-1)46-22-19-23-47(42-46)67-61-35-18-17-33-56(61)60-43-48(36-40-62(60)67)68-63-41-39-58-55-32-14-13-30-53(55)54-31-15-16-34-57(54)65(58)66(63)59-38-37-52(44-64(59)68)69(49-24-7-2-8-25-49,50-26-9-3-10-27-50)51-28-11-4-12-29-51/h1-44H. The number of hydrogen-bond acceptors (Lipinski definition) is 0. The molecular weight excluding hydrogens is 849 g/mol. The Morgan fingerprint density at radius 3 is 1.33 bits per heavy atom. The quantitative estimate of drug-likeness (QED) is 0.0857. The van der Waals surface area contributed by atoms with Gasteiger partial charge in [-0.05, 0) is 107 Å². The summed E-state index contributed by atoms with van der Waals surface area (Å²) in [7, 11) is -2.88. The third kappa shape index (κ3) is 5.91. The van der Waals surface area contributed by atoms with Crippen LogP contribution in [-0.4, -0.2) is 17.2 Å². The number of fused-ring (bicyclic) bond motifs is 13. The van der Waals surface area contributed by atoms with Crippen molar-refractivity contribution in [3.05, 3.63) is 267 Å². The summed E-state index contributed by atoms with van der Waals surface area (Å²) >= 11 is 0. The fourth-order valence-corrected chi connectivity index (χ4v) is 16.7. The van der Waals surface area contributed by atoms with Crippen LogP contribution < -0.4 is 20.7 Å². The van der Waals surface area contributed by atoms with Crippen LogP contribution in [0, 0.1) is 0 Å². The largest absolute Gasteiger partial charge is 0.309 e. The maximum Gasteiger partial charge on any atom is 0.179 e. The van der Waals surface area contributed by atoms with E-state index in [9.17, 15) is 0 Å². The van der Waals surface area contributed by atoms with E-state index in [0.29, 0.717) is 0 Å². The molecule has 2 aromatic heterocycles. The average Bonchev–Trinajstić information content (AvgIpc) is 3.94. The van der Waals surface area contributed by atoms with Gasteiger partial charge in [-0.3, -0.25) is 0 Å². The van der Waals surface area contributed by atoms with Gasteiger partial charge in [-0.25, -0.2) is 0 Å². The van der Waals surface area contributed by atoms with Gasteiger partial charge in [0.05, 0.1) is 22.1 Å². The fraction of sp³-hybridized carbons (Fsp3) is 0. The maximum atomic E-state index is 2.57. The molecule has 0 spiro atoms. The van der Waals surface area contributed by atoms with E-state index in [-0.39, 0.29) is 0 Å². The van der Waals surface area contributed by atoms with Crippen molar-refractivity contribution in [3.63, 3.8) is 0 Å². The molecule has 14 aromatic rings. The number of hydrogen-bond donors (Lipinski definition) is 0. The smallest absolute Gasteiger partial charge is 0.179 e. The highest BCUT2D eigenvalue weighted by Crippen LogP contribution is 2.44. The summed E-state index contributed by atoms with van der Waals surface area (Å²) in [6.07, 6.45) is 0. The van der Waals surface area contributed by atoms with Crippen LogP contribution in [0.25, 0.3) is 98.4 Å². The lowest BCUT2D eigenvalue weighted by atomic mass is 9.92. The number of rotatable bonds is 7. The van der Waals surface area contributed by atoms with Gasteiger partial charge in [-0.1, -0.05) is 218 Å². The SMILES string of the molecule is c1ccc(-c2cccc(-n3c4ccccc4c4cc(-n5c6cc([Si](c7ccccc7)(c7ccccc7)c7ccccc7)ccc6c6c7c8ccccc8c8ccccc8c7ccc65)ccc43)c2)cc1. The predicted octanol–water partition coefficient (Wildman–Crippen LogP) is 14.4. The molecule has 0 atom stereocenters. The van der Waals surface area contributed by atoms with Crippen molar-refractivity contribution in [2.24, 2.45) is 0 Å². The second kappa shape index (κ2) is 15.7. The van der Waals surface area contributed by atoms with E-state index in [4.69, 9.17) is 0 Å². The molecular formula is C66H44N2Si. The van der Waals surface area contributed by atoms with Crippen LogP contribution in [0.4, 0.5) is 0 Å². The molecule has 2 nitrogen and oxygen atoms in total. The molecule has 0 unspecified atom stereocenters. The van der Waals surface area contributed by atoms with Gasteiger partial charge in [-0.15, -0.1) is 0 Å². The zero-order valence-corrected chi connectivity index (χ0v) is 38.8. The van der Waals surface area contributed by atoms with Crippen molar-refractivity contribution < 1.29 is 0 Å². The second-order valence-corrected chi connectivity index (χ2v) is 22.2. The van der Waals surface area contributed by atoms with Crippen molar-refractivity contribution in [2.45, 2.75) is 0 Å². The average molecular weight is 893 g/mol. The Morgan fingerprint density at radius 2 is 0.681 bits per heavy atom. The second-order valence-electron chi connectivity index (χ2n) is 18.4. The first-order valence-corrected chi connectivity index (χ1v) is 25.9. The monoisotopic (exact) mass is 892 g/mol. The Bertz CT molecular complexity index is 4150. The third-order valence-electron chi connectivity index (χ3n) is 14.8. The van der Waals surface area contributed by atoms with Crippen LogP contribution in [0.2, 0.25) is 0 Å². The van der Waals surface area contributed by atoms with Gasteiger partial charge in [0.25, 0.3) is 0 Å². The molecule has 0 fully saturated rings. The Kier molecular flexibility index (Phi) is 8.95. The molecule has 0 N–H and O–H groups in total. The molecule has 0 amide bonds. The fourth-order valence-electron chi connectivity index (χ4n) is 11.9. The molecule has 0 saturated carbocycles. The Morgan fingerprint density at radius 1 is 0.217 bits per heavy atom. The van der Waals surface area contributed by atoms with Gasteiger partial charge in [0.2, 0.25) is 0 Å². The van der Waals surface area contributed by atoms with Crippen molar-refractivity contribution >= 4 is 105 Å². The number of aromatic nitrogens is 2. The van der Waals surface area contributed by atoms with E-state index in [1.165, 1.54) is 108 Å². The third-order valence-corrected chi connectivity index (χ3v) is 19.6. The van der Waals surface area contributed by atoms with Gasteiger partial charge in [0, 0.05) is 38.3 Å². The molecule has 14 rings (SSSR count). The van der Waals surface area contributed by atoms with Crippen LogP contribution in [0.3, 0.4) is 0 Å². The van der Waals surface area contributed by atoms with E-state index in [1.54, 1.807) is 0 Å². The van der Waals surface area contributed by atoms with Crippen LogP contribution in [0.1, 0.15) is 0 Å². The van der Waals surface area contributed by atoms with Crippen molar-refractivity contribution in [2.75, 3.05) is 0 Å².